The van der Waals surface area contributed by atoms with Crippen molar-refractivity contribution < 1.29 is 101 Å². The summed E-state index contributed by atoms with van der Waals surface area (Å²) in [6.45, 7) is 30.4. The van der Waals surface area contributed by atoms with Gasteiger partial charge in [-0.05, 0) is 313 Å². The maximum absolute atomic E-state index is 13.2. The van der Waals surface area contributed by atoms with Crippen LogP contribution in [0.4, 0.5) is 5.69 Å². The van der Waals surface area contributed by atoms with E-state index in [9.17, 15) is 64.0 Å². The second-order valence-corrected chi connectivity index (χ2v) is 41.7. The van der Waals surface area contributed by atoms with Gasteiger partial charge in [-0.15, -0.1) is 0 Å². The van der Waals surface area contributed by atoms with Crippen molar-refractivity contribution in [3.05, 3.63) is 267 Å². The number of aliphatic carboxylic acids is 2. The fourth-order valence-corrected chi connectivity index (χ4v) is 19.9. The molecule has 0 saturated heterocycles. The number of methoxy groups -OCH3 is 4. The zero-order chi connectivity index (χ0) is 110. The predicted molar refractivity (Wildman–Crippen MR) is 568 cm³/mol. The maximum atomic E-state index is 13.2. The van der Waals surface area contributed by atoms with Crippen molar-refractivity contribution in [2.24, 2.45) is 0 Å². The molecule has 0 aliphatic heterocycles. The minimum absolute atomic E-state index is 0.106. The molecule has 149 heavy (non-hydrogen) atoms. The number of pyridine rings is 6. The number of aromatic carboxylic acids is 1. The molecule has 38 heteroatoms. The van der Waals surface area contributed by atoms with Gasteiger partial charge >= 0.3 is 41.8 Å². The second kappa shape index (κ2) is 51.1. The summed E-state index contributed by atoms with van der Waals surface area (Å²) in [7, 11) is 5.18. The van der Waals surface area contributed by atoms with Crippen LogP contribution in [0.5, 0.6) is 0 Å². The van der Waals surface area contributed by atoms with Crippen LogP contribution in [0.1, 0.15) is 301 Å². The number of esters is 4. The largest absolute Gasteiger partial charge is 0.479 e. The Kier molecular flexibility index (Phi) is 41.0. The molecule has 6 heterocycles. The number of carboxylic acids is 3. The summed E-state index contributed by atoms with van der Waals surface area (Å²) in [6.07, 6.45) is 7.14. The Morgan fingerprint density at radius 1 is 0.336 bits per heavy atom. The van der Waals surface area contributed by atoms with E-state index in [1.165, 1.54) is 28.4 Å². The second-order valence-electron chi connectivity index (χ2n) is 38.5. The van der Waals surface area contributed by atoms with Crippen molar-refractivity contribution in [3.8, 4) is 45.5 Å². The number of nitrogens with one attached hydrogen (secondary N) is 1. The third-order valence-electron chi connectivity index (χ3n) is 27.5. The van der Waals surface area contributed by atoms with E-state index in [1.54, 1.807) is 137 Å². The van der Waals surface area contributed by atoms with Crippen LogP contribution in [0.3, 0.4) is 0 Å². The maximum Gasteiger partial charge on any atom is 0.354 e. The lowest BCUT2D eigenvalue weighted by atomic mass is 9.81. The number of carboxylic acid groups (broad SMARTS) is 3. The van der Waals surface area contributed by atoms with Crippen LogP contribution in [-0.2, 0) is 71.4 Å². The van der Waals surface area contributed by atoms with Gasteiger partial charge in [-0.2, -0.15) is 10.5 Å². The van der Waals surface area contributed by atoms with Crippen LogP contribution in [-0.4, -0.2) is 154 Å². The van der Waals surface area contributed by atoms with E-state index in [1.807, 2.05) is 90.1 Å². The topological polar surface area (TPSA) is 437 Å². The molecule has 0 spiro atoms. The molecule has 5 saturated carbocycles. The van der Waals surface area contributed by atoms with Crippen molar-refractivity contribution in [2.75, 3.05) is 33.8 Å². The molecule has 1 amide bonds. The minimum atomic E-state index is -1.44. The highest BCUT2D eigenvalue weighted by molar-refractivity contribution is 6.37. The van der Waals surface area contributed by atoms with E-state index >= 15 is 0 Å². The molecular formula is C111H121Cl8N9O21. The molecule has 792 valence electrons. The first-order chi connectivity index (χ1) is 70.1. The first-order valence-electron chi connectivity index (χ1n) is 48.0. The van der Waals surface area contributed by atoms with E-state index in [0.29, 0.717) is 154 Å². The number of carbonyl (C=O) groups excluding carboxylic acids is 5. The summed E-state index contributed by atoms with van der Waals surface area (Å²) in [5, 5.41) is 64.1. The molecule has 10 aromatic rings. The molecule has 30 nitrogen and oxygen atoms in total. The van der Waals surface area contributed by atoms with Crippen LogP contribution in [0.15, 0.2) is 103 Å². The van der Waals surface area contributed by atoms with E-state index in [2.05, 4.69) is 46.0 Å². The van der Waals surface area contributed by atoms with Crippen molar-refractivity contribution in [3.63, 3.8) is 0 Å². The average Bonchev–Trinajstić information content (AvgIpc) is 0.750. The standard InChI is InChI=1S/C27H27ClN2O4.C22H23ClN2O3.C21H22ClNO5.C16H19ClN2O3.C15H19Cl2NO3.C10H11Cl2NO3/c1-16-21(18-10-12-19(28)13-11-18)22(24(26(32)33)34-27(3)14-7-15-27)17(2)29-23(16)25(31)30-20-8-5-4-6-9-20;1-13-17(12-24)25-14(2)19(18(13)15-6-8-16(23)9-7-15)20(21(26)27-4)28-22(3)10-5-11-22;1-11-15(13-5-7-14(22)8-6-13)16(12(2)23-17(11)19(24)25)18(20(26)27)28-21(3)9-4-10-21;1-9-11(8-18)19-10(2)12(13(9)17)14(15(20)21-4)22-16(3)6-5-7-16;1-8-11(16)10(9(2)18-13(8)17)12(14(19)20-4)21-15(3)6-5-7-15;1-4-7(11)6(5(2)13-9(4)12)8(14)10(15)16-3/h4-6,8-13,24H,7,14-15H2,1-3H3,(H,30,31)(H,32,33);6-9,20H,5,10-11H2,1-4H3;5-8,18H,4,9-10H2,1-3H3,(H,24,25)(H,26,27);14H,5-7H2,1-4H3;12H,5-7H2,1-4H3;8,14H,1-3H3/t24-;20-;18-;14-;12-;8-/m000000/s1. The first kappa shape index (κ1) is 119. The molecule has 5 aliphatic carbocycles. The van der Waals surface area contributed by atoms with Gasteiger partial charge in [0.1, 0.15) is 39.5 Å². The highest BCUT2D eigenvalue weighted by Gasteiger charge is 2.47. The fraction of sp³-hybridized carbons (Fsp3) is 0.423. The number of benzene rings is 4. The van der Waals surface area contributed by atoms with E-state index < -0.39 is 89.6 Å². The van der Waals surface area contributed by atoms with Gasteiger partial charge in [0.15, 0.2) is 42.3 Å². The van der Waals surface area contributed by atoms with Crippen LogP contribution in [0.2, 0.25) is 40.4 Å². The van der Waals surface area contributed by atoms with Gasteiger partial charge in [-0.1, -0.05) is 147 Å². The monoisotopic (exact) mass is 2200 g/mol. The number of aryl methyl sites for hydroxylation is 6. The first-order valence-corrected chi connectivity index (χ1v) is 51.0. The minimum Gasteiger partial charge on any atom is -0.479 e. The SMILES string of the molecule is COC(=O)[C@@H](O)c1c(C)nc(Cl)c(C)c1Cl.COC(=O)[C@@H](OC1(C)CCC1)c1c(C)nc(C#N)c(C)c1-c1ccc(Cl)cc1.COC(=O)[C@@H](OC1(C)CCC1)c1c(C)nc(C#N)c(C)c1Cl.COC(=O)[C@@H](OC1(C)CCC1)c1c(C)nc(Cl)c(C)c1Cl.Cc1nc(C(=O)Nc2ccccc2)c(C)c(-c2ccc(Cl)cc2)c1[C@H](OC1(C)CCC1)C(=O)O.Cc1nc(C(=O)O)c(C)c(-c2ccc(Cl)cc2)c1[C@H](OC1(C)CCC1)C(=O)O. The summed E-state index contributed by atoms with van der Waals surface area (Å²) in [6, 6.07) is 34.5. The number of aromatic nitrogens is 6. The molecule has 5 aliphatic rings. The molecule has 4 aromatic carbocycles. The van der Waals surface area contributed by atoms with Crippen LogP contribution >= 0.6 is 92.8 Å². The average molecular weight is 2200 g/mol. The quantitative estimate of drug-likeness (QED) is 0.0173. The smallest absolute Gasteiger partial charge is 0.354 e. The highest BCUT2D eigenvalue weighted by atomic mass is 35.5. The van der Waals surface area contributed by atoms with Crippen molar-refractivity contribution in [2.45, 2.75) is 279 Å². The number of nitriles is 2. The van der Waals surface area contributed by atoms with Gasteiger partial charge in [-0.3, -0.25) is 4.79 Å². The Bertz CT molecular complexity index is 6780. The molecule has 5 N–H and O–H groups in total. The number of aliphatic hydroxyl groups excluding tert-OH is 1. The van der Waals surface area contributed by atoms with E-state index in [-0.39, 0.29) is 55.5 Å². The number of halogens is 8. The molecule has 5 fully saturated rings. The van der Waals surface area contributed by atoms with Crippen molar-refractivity contribution in [1.82, 2.24) is 29.9 Å². The number of ether oxygens (including phenoxy) is 9. The van der Waals surface area contributed by atoms with E-state index in [4.69, 9.17) is 136 Å². The number of para-hydroxylation sites is 1. The number of hydrogen-bond acceptors (Lipinski definition) is 26. The number of anilines is 1. The Balaban J connectivity index is 0.000000185. The zero-order valence-corrected chi connectivity index (χ0v) is 92.8. The van der Waals surface area contributed by atoms with Gasteiger partial charge < -0.3 is 68.4 Å². The lowest BCUT2D eigenvalue weighted by molar-refractivity contribution is -0.178. The van der Waals surface area contributed by atoms with Crippen LogP contribution in [0.25, 0.3) is 33.4 Å². The van der Waals surface area contributed by atoms with Gasteiger partial charge in [0.2, 0.25) is 0 Å². The molecule has 0 bridgehead atoms. The fourth-order valence-electron chi connectivity index (χ4n) is 18.0. The third-order valence-corrected chi connectivity index (χ3v) is 30.4. The van der Waals surface area contributed by atoms with Crippen LogP contribution < -0.4 is 5.32 Å². The summed E-state index contributed by atoms with van der Waals surface area (Å²) < 4.78 is 49.8. The molecule has 0 radical (unpaired) electrons. The lowest BCUT2D eigenvalue weighted by Crippen LogP contribution is -2.40. The lowest BCUT2D eigenvalue weighted by Gasteiger charge is -2.41. The van der Waals surface area contributed by atoms with Crippen LogP contribution in [0, 0.1) is 106 Å². The summed E-state index contributed by atoms with van der Waals surface area (Å²) in [5.41, 5.74) is 12.4. The summed E-state index contributed by atoms with van der Waals surface area (Å²) >= 11 is 48.8. The number of nitrogens with zero attached hydrogens (tertiary/aromatic N) is 8. The van der Waals surface area contributed by atoms with Gasteiger partial charge in [0.25, 0.3) is 5.91 Å². The van der Waals surface area contributed by atoms with Gasteiger partial charge in [0, 0.05) is 105 Å². The molecule has 6 aromatic heterocycles. The Labute approximate surface area is 906 Å². The summed E-state index contributed by atoms with van der Waals surface area (Å²) in [4.78, 5) is 123. The Morgan fingerprint density at radius 3 is 0.919 bits per heavy atom. The molecular weight excluding hydrogens is 2080 g/mol. The molecule has 0 unspecified atom stereocenters. The predicted octanol–water partition coefficient (Wildman–Crippen LogP) is 26.0. The van der Waals surface area contributed by atoms with Gasteiger partial charge in [-0.25, -0.2) is 63.5 Å². The number of rotatable bonds is 28. The molecule has 15 rings (SSSR count). The molecule has 6 atom stereocenters. The van der Waals surface area contributed by atoms with E-state index in [0.717, 1.165) is 113 Å². The normalized spacial score (nSPS) is 16.0. The number of carbonyl (C=O) groups is 8. The summed E-state index contributed by atoms with van der Waals surface area (Å²) in [5.74, 6) is -6.00. The highest BCUT2D eigenvalue weighted by Crippen LogP contribution is 2.51. The Hall–Kier alpha value is -11.4. The Morgan fingerprint density at radius 2 is 0.604 bits per heavy atom. The third kappa shape index (κ3) is 28.3. The number of amides is 1. The zero-order valence-electron chi connectivity index (χ0n) is 86.7. The number of aliphatic hydroxyl groups is 1. The van der Waals surface area contributed by atoms with Crippen molar-refractivity contribution in [1.29, 1.82) is 10.5 Å². The number of hydrogen-bond donors (Lipinski definition) is 5. The van der Waals surface area contributed by atoms with Gasteiger partial charge in [0.05, 0.1) is 71.5 Å². The van der Waals surface area contributed by atoms with Crippen molar-refractivity contribution >= 4 is 146 Å².